The number of methoxy groups -OCH3 is 1. The van der Waals surface area contributed by atoms with Crippen molar-refractivity contribution in [3.63, 3.8) is 0 Å². The Hall–Kier alpha value is -1.26. The van der Waals surface area contributed by atoms with Gasteiger partial charge in [-0.3, -0.25) is 4.90 Å². The Bertz CT molecular complexity index is 410. The fourth-order valence-electron chi connectivity index (χ4n) is 2.73. The van der Waals surface area contributed by atoms with E-state index in [1.807, 2.05) is 13.1 Å². The molecule has 19 heavy (non-hydrogen) atoms. The molecule has 1 aromatic carbocycles. The van der Waals surface area contributed by atoms with Crippen molar-refractivity contribution in [2.45, 2.75) is 19.0 Å². The minimum absolute atomic E-state index is 0.542. The predicted molar refractivity (Wildman–Crippen MR) is 80.1 cm³/mol. The molecule has 2 rings (SSSR count). The van der Waals surface area contributed by atoms with Crippen LogP contribution in [0, 0.1) is 0 Å². The maximum Gasteiger partial charge on any atom is 0.120 e. The quantitative estimate of drug-likeness (QED) is 0.889. The summed E-state index contributed by atoms with van der Waals surface area (Å²) in [7, 11) is 5.95. The number of piperazine rings is 1. The standard InChI is InChI=1S/C15H25N3O/c1-12-10-18(11-14(9-16-2)17(12)3)13-6-5-7-15(8-13)19-4/h5-8,12,14,16H,9-11H2,1-4H3. The van der Waals surface area contributed by atoms with E-state index in [4.69, 9.17) is 4.74 Å². The number of hydrogen-bond acceptors (Lipinski definition) is 4. The van der Waals surface area contributed by atoms with Crippen LogP contribution in [0.4, 0.5) is 5.69 Å². The Morgan fingerprint density at radius 1 is 1.37 bits per heavy atom. The van der Waals surface area contributed by atoms with Gasteiger partial charge in [0.05, 0.1) is 7.11 Å². The lowest BCUT2D eigenvalue weighted by molar-refractivity contribution is 0.157. The van der Waals surface area contributed by atoms with Crippen LogP contribution in [0.15, 0.2) is 24.3 Å². The third kappa shape index (κ3) is 3.19. The Morgan fingerprint density at radius 2 is 2.16 bits per heavy atom. The van der Waals surface area contributed by atoms with E-state index >= 15 is 0 Å². The van der Waals surface area contributed by atoms with Gasteiger partial charge in [-0.1, -0.05) is 6.07 Å². The van der Waals surface area contributed by atoms with Gasteiger partial charge in [0.25, 0.3) is 0 Å². The van der Waals surface area contributed by atoms with Crippen LogP contribution in [0.3, 0.4) is 0 Å². The van der Waals surface area contributed by atoms with E-state index in [0.717, 1.165) is 25.4 Å². The van der Waals surface area contributed by atoms with Crippen LogP contribution in [-0.4, -0.2) is 57.8 Å². The van der Waals surface area contributed by atoms with Crippen LogP contribution < -0.4 is 15.0 Å². The van der Waals surface area contributed by atoms with E-state index in [1.165, 1.54) is 5.69 Å². The highest BCUT2D eigenvalue weighted by molar-refractivity contribution is 5.51. The summed E-state index contributed by atoms with van der Waals surface area (Å²) in [4.78, 5) is 4.92. The summed E-state index contributed by atoms with van der Waals surface area (Å²) in [6.45, 7) is 5.41. The lowest BCUT2D eigenvalue weighted by atomic mass is 10.1. The number of likely N-dealkylation sites (N-methyl/N-ethyl adjacent to an activating group) is 2. The summed E-state index contributed by atoms with van der Waals surface area (Å²) in [5, 5.41) is 3.29. The Labute approximate surface area is 116 Å². The fraction of sp³-hybridized carbons (Fsp3) is 0.600. The van der Waals surface area contributed by atoms with Gasteiger partial charge in [-0.25, -0.2) is 0 Å². The minimum atomic E-state index is 0.542. The number of hydrogen-bond donors (Lipinski definition) is 1. The molecular weight excluding hydrogens is 238 g/mol. The molecule has 1 saturated heterocycles. The van der Waals surface area contributed by atoms with Crippen molar-refractivity contribution in [2.75, 3.05) is 45.7 Å². The van der Waals surface area contributed by atoms with Crippen LogP contribution in [-0.2, 0) is 0 Å². The van der Waals surface area contributed by atoms with E-state index < -0.39 is 0 Å². The van der Waals surface area contributed by atoms with Crippen molar-refractivity contribution in [1.29, 1.82) is 0 Å². The van der Waals surface area contributed by atoms with Crippen LogP contribution >= 0.6 is 0 Å². The maximum absolute atomic E-state index is 5.32. The predicted octanol–water partition coefficient (Wildman–Crippen LogP) is 1.42. The van der Waals surface area contributed by atoms with Crippen LogP contribution in [0.5, 0.6) is 5.75 Å². The average Bonchev–Trinajstić information content (AvgIpc) is 2.44. The highest BCUT2D eigenvalue weighted by atomic mass is 16.5. The van der Waals surface area contributed by atoms with Gasteiger partial charge in [-0.15, -0.1) is 0 Å². The Balaban J connectivity index is 2.15. The fourth-order valence-corrected chi connectivity index (χ4v) is 2.73. The van der Waals surface area contributed by atoms with E-state index in [-0.39, 0.29) is 0 Å². The molecule has 0 amide bonds. The summed E-state index contributed by atoms with van der Waals surface area (Å²) in [6.07, 6.45) is 0. The number of ether oxygens (including phenoxy) is 1. The Morgan fingerprint density at radius 3 is 2.84 bits per heavy atom. The van der Waals surface area contributed by atoms with Gasteiger partial charge in [-0.05, 0) is 33.2 Å². The van der Waals surface area contributed by atoms with E-state index in [2.05, 4.69) is 47.3 Å². The van der Waals surface area contributed by atoms with Crippen molar-refractivity contribution < 1.29 is 4.74 Å². The number of anilines is 1. The first-order valence-corrected chi connectivity index (χ1v) is 6.91. The number of rotatable bonds is 4. The van der Waals surface area contributed by atoms with Crippen molar-refractivity contribution in [3.8, 4) is 5.75 Å². The van der Waals surface area contributed by atoms with Crippen molar-refractivity contribution in [2.24, 2.45) is 0 Å². The first-order valence-electron chi connectivity index (χ1n) is 6.91. The molecule has 1 heterocycles. The zero-order valence-corrected chi connectivity index (χ0v) is 12.4. The molecule has 0 bridgehead atoms. The van der Waals surface area contributed by atoms with Crippen molar-refractivity contribution >= 4 is 5.69 Å². The molecule has 1 aliphatic heterocycles. The third-order valence-electron chi connectivity index (χ3n) is 4.05. The third-order valence-corrected chi connectivity index (χ3v) is 4.05. The summed E-state index contributed by atoms with van der Waals surface area (Å²) < 4.78 is 5.32. The van der Waals surface area contributed by atoms with Gasteiger partial charge in [0, 0.05) is 43.5 Å². The van der Waals surface area contributed by atoms with Crippen LogP contribution in [0.25, 0.3) is 0 Å². The van der Waals surface area contributed by atoms with Gasteiger partial charge < -0.3 is 15.0 Å². The van der Waals surface area contributed by atoms with Crippen molar-refractivity contribution in [1.82, 2.24) is 10.2 Å². The summed E-state index contributed by atoms with van der Waals surface area (Å²) in [5.74, 6) is 0.925. The second-order valence-corrected chi connectivity index (χ2v) is 5.33. The van der Waals surface area contributed by atoms with Gasteiger partial charge in [-0.2, -0.15) is 0 Å². The number of nitrogens with zero attached hydrogens (tertiary/aromatic N) is 2. The van der Waals surface area contributed by atoms with Crippen molar-refractivity contribution in [3.05, 3.63) is 24.3 Å². The van der Waals surface area contributed by atoms with E-state index in [9.17, 15) is 0 Å². The van der Waals surface area contributed by atoms with E-state index in [1.54, 1.807) is 7.11 Å². The largest absolute Gasteiger partial charge is 0.497 e. The topological polar surface area (TPSA) is 27.7 Å². The van der Waals surface area contributed by atoms with Gasteiger partial charge >= 0.3 is 0 Å². The zero-order valence-electron chi connectivity index (χ0n) is 12.4. The molecule has 2 atom stereocenters. The SMILES string of the molecule is CNCC1CN(c2cccc(OC)c2)CC(C)N1C. The molecule has 1 N–H and O–H groups in total. The van der Waals surface area contributed by atoms with Gasteiger partial charge in [0.2, 0.25) is 0 Å². The molecule has 4 heteroatoms. The first-order chi connectivity index (χ1) is 9.15. The zero-order chi connectivity index (χ0) is 13.8. The second-order valence-electron chi connectivity index (χ2n) is 5.33. The van der Waals surface area contributed by atoms with Crippen LogP contribution in [0.2, 0.25) is 0 Å². The van der Waals surface area contributed by atoms with E-state index in [0.29, 0.717) is 12.1 Å². The second kappa shape index (κ2) is 6.26. The molecule has 0 radical (unpaired) electrons. The molecule has 0 saturated carbocycles. The summed E-state index contributed by atoms with van der Waals surface area (Å²) >= 11 is 0. The molecule has 1 aromatic rings. The number of nitrogens with one attached hydrogen (secondary N) is 1. The highest BCUT2D eigenvalue weighted by Gasteiger charge is 2.29. The monoisotopic (exact) mass is 263 g/mol. The maximum atomic E-state index is 5.32. The van der Waals surface area contributed by atoms with Gasteiger partial charge in [0.1, 0.15) is 5.75 Å². The Kier molecular flexibility index (Phi) is 4.66. The summed E-state index contributed by atoms with van der Waals surface area (Å²) in [5.41, 5.74) is 1.25. The molecule has 1 aliphatic rings. The molecule has 106 valence electrons. The van der Waals surface area contributed by atoms with Crippen LogP contribution in [0.1, 0.15) is 6.92 Å². The average molecular weight is 263 g/mol. The smallest absolute Gasteiger partial charge is 0.120 e. The number of benzene rings is 1. The molecular formula is C15H25N3O. The lowest BCUT2D eigenvalue weighted by Gasteiger charge is -2.45. The molecule has 2 unspecified atom stereocenters. The molecule has 4 nitrogen and oxygen atoms in total. The molecule has 0 spiro atoms. The first kappa shape index (κ1) is 14.2. The lowest BCUT2D eigenvalue weighted by Crippen LogP contribution is -2.58. The highest BCUT2D eigenvalue weighted by Crippen LogP contribution is 2.24. The molecule has 0 aliphatic carbocycles. The minimum Gasteiger partial charge on any atom is -0.497 e. The van der Waals surface area contributed by atoms with Gasteiger partial charge in [0.15, 0.2) is 0 Å². The summed E-state index contributed by atoms with van der Waals surface area (Å²) in [6, 6.07) is 9.43. The molecule has 0 aromatic heterocycles. The normalized spacial score (nSPS) is 24.5. The molecule has 1 fully saturated rings.